The van der Waals surface area contributed by atoms with Crippen LogP contribution in [0.15, 0.2) is 83.8 Å². The first-order valence-electron chi connectivity index (χ1n) is 9.77. The van der Waals surface area contributed by atoms with E-state index in [9.17, 15) is 13.2 Å². The lowest BCUT2D eigenvalue weighted by atomic mass is 10.2. The average molecular weight is 423 g/mol. The molecule has 0 aromatic heterocycles. The number of sulfonamides is 1. The van der Waals surface area contributed by atoms with Crippen molar-refractivity contribution in [1.29, 1.82) is 0 Å². The van der Waals surface area contributed by atoms with Crippen molar-refractivity contribution in [2.75, 3.05) is 18.4 Å². The summed E-state index contributed by atoms with van der Waals surface area (Å²) < 4.78 is 32.7. The van der Waals surface area contributed by atoms with Gasteiger partial charge in [-0.15, -0.1) is 0 Å². The molecule has 1 aliphatic rings. The van der Waals surface area contributed by atoms with Crippen LogP contribution in [0.3, 0.4) is 0 Å². The van der Waals surface area contributed by atoms with E-state index >= 15 is 0 Å². The largest absolute Gasteiger partial charge is 0.457 e. The lowest BCUT2D eigenvalue weighted by Gasteiger charge is -2.16. The van der Waals surface area contributed by atoms with Gasteiger partial charge in [-0.05, 0) is 67.4 Å². The molecule has 4 rings (SSSR count). The van der Waals surface area contributed by atoms with Gasteiger partial charge in [0.1, 0.15) is 11.5 Å². The van der Waals surface area contributed by atoms with E-state index in [1.807, 2.05) is 30.3 Å². The molecule has 0 bridgehead atoms. The van der Waals surface area contributed by atoms with Gasteiger partial charge >= 0.3 is 0 Å². The second kappa shape index (κ2) is 8.69. The Labute approximate surface area is 176 Å². The predicted molar refractivity (Wildman–Crippen MR) is 115 cm³/mol. The summed E-state index contributed by atoms with van der Waals surface area (Å²) in [4.78, 5) is 12.8. The number of hydrogen-bond acceptors (Lipinski definition) is 4. The Morgan fingerprint density at radius 3 is 2.20 bits per heavy atom. The molecule has 0 aliphatic carbocycles. The third-order valence-electron chi connectivity index (χ3n) is 4.89. The van der Waals surface area contributed by atoms with E-state index in [0.29, 0.717) is 30.1 Å². The number of anilines is 1. The van der Waals surface area contributed by atoms with Crippen LogP contribution in [0.4, 0.5) is 5.69 Å². The van der Waals surface area contributed by atoms with Gasteiger partial charge in [0.2, 0.25) is 10.0 Å². The van der Waals surface area contributed by atoms with E-state index in [-0.39, 0.29) is 10.8 Å². The van der Waals surface area contributed by atoms with E-state index < -0.39 is 10.0 Å². The lowest BCUT2D eigenvalue weighted by Crippen LogP contribution is -2.28. The molecule has 154 valence electrons. The zero-order chi connectivity index (χ0) is 21.0. The average Bonchev–Trinajstić information content (AvgIpc) is 3.32. The molecule has 7 heteroatoms. The van der Waals surface area contributed by atoms with Gasteiger partial charge < -0.3 is 10.1 Å². The first-order chi connectivity index (χ1) is 14.5. The Morgan fingerprint density at radius 1 is 0.833 bits per heavy atom. The molecular formula is C23H22N2O4S. The normalized spacial score (nSPS) is 14.4. The van der Waals surface area contributed by atoms with Crippen molar-refractivity contribution < 1.29 is 17.9 Å². The number of rotatable bonds is 6. The van der Waals surface area contributed by atoms with Crippen LogP contribution >= 0.6 is 0 Å². The summed E-state index contributed by atoms with van der Waals surface area (Å²) in [6.45, 7) is 1.05. The van der Waals surface area contributed by atoms with Crippen LogP contribution in [0, 0.1) is 0 Å². The highest BCUT2D eigenvalue weighted by Crippen LogP contribution is 2.24. The van der Waals surface area contributed by atoms with Crippen LogP contribution in [0.2, 0.25) is 0 Å². The Kier molecular flexibility index (Phi) is 5.83. The van der Waals surface area contributed by atoms with E-state index in [4.69, 9.17) is 4.74 Å². The molecule has 0 spiro atoms. The number of nitrogens with zero attached hydrogens (tertiary/aromatic N) is 1. The summed E-state index contributed by atoms with van der Waals surface area (Å²) in [5.74, 6) is 1.01. The van der Waals surface area contributed by atoms with Gasteiger partial charge in [-0.3, -0.25) is 4.79 Å². The SMILES string of the molecule is O=C(Nc1ccc(Oc2ccccc2)cc1)c1cccc(S(=O)(=O)N2CCCC2)c1. The summed E-state index contributed by atoms with van der Waals surface area (Å²) in [7, 11) is -3.57. The number of hydrogen-bond donors (Lipinski definition) is 1. The zero-order valence-corrected chi connectivity index (χ0v) is 17.1. The third-order valence-corrected chi connectivity index (χ3v) is 6.78. The Morgan fingerprint density at radius 2 is 1.50 bits per heavy atom. The van der Waals surface area contributed by atoms with Gasteiger partial charge in [0.25, 0.3) is 5.91 Å². The minimum absolute atomic E-state index is 0.142. The summed E-state index contributed by atoms with van der Waals surface area (Å²) in [6.07, 6.45) is 1.73. The maximum Gasteiger partial charge on any atom is 0.255 e. The molecule has 1 heterocycles. The molecule has 0 saturated carbocycles. The van der Waals surface area contributed by atoms with Gasteiger partial charge in [0, 0.05) is 24.3 Å². The van der Waals surface area contributed by atoms with E-state index in [1.54, 1.807) is 36.4 Å². The maximum atomic E-state index is 12.7. The molecule has 0 radical (unpaired) electrons. The van der Waals surface area contributed by atoms with Crippen LogP contribution in [-0.4, -0.2) is 31.7 Å². The van der Waals surface area contributed by atoms with E-state index in [2.05, 4.69) is 5.32 Å². The molecule has 1 N–H and O–H groups in total. The number of carbonyl (C=O) groups excluding carboxylic acids is 1. The highest BCUT2D eigenvalue weighted by atomic mass is 32.2. The fraction of sp³-hybridized carbons (Fsp3) is 0.174. The molecule has 30 heavy (non-hydrogen) atoms. The van der Waals surface area contributed by atoms with Crippen molar-refractivity contribution in [2.24, 2.45) is 0 Å². The standard InChI is InChI=1S/C23H22N2O4S/c26-23(18-7-6-10-22(17-18)30(27,28)25-15-4-5-16-25)24-19-11-13-21(14-12-19)29-20-8-2-1-3-9-20/h1-3,6-14,17H,4-5,15-16H2,(H,24,26). The van der Waals surface area contributed by atoms with Crippen molar-refractivity contribution in [3.63, 3.8) is 0 Å². The number of ether oxygens (including phenoxy) is 1. The molecular weight excluding hydrogens is 400 g/mol. The monoisotopic (exact) mass is 422 g/mol. The van der Waals surface area contributed by atoms with Crippen LogP contribution in [0.1, 0.15) is 23.2 Å². The Bertz CT molecular complexity index is 1120. The second-order valence-electron chi connectivity index (χ2n) is 7.03. The number of para-hydroxylation sites is 1. The Hall–Kier alpha value is -3.16. The number of nitrogens with one attached hydrogen (secondary N) is 1. The molecule has 3 aromatic rings. The molecule has 3 aromatic carbocycles. The third kappa shape index (κ3) is 4.53. The number of benzene rings is 3. The number of carbonyl (C=O) groups is 1. The van der Waals surface area contributed by atoms with Crippen molar-refractivity contribution in [2.45, 2.75) is 17.7 Å². The maximum absolute atomic E-state index is 12.7. The van der Waals surface area contributed by atoms with E-state index in [1.165, 1.54) is 16.4 Å². The van der Waals surface area contributed by atoms with Crippen LogP contribution in [-0.2, 0) is 10.0 Å². The first-order valence-corrected chi connectivity index (χ1v) is 11.2. The highest BCUT2D eigenvalue weighted by Gasteiger charge is 2.27. The van der Waals surface area contributed by atoms with Crippen molar-refractivity contribution in [1.82, 2.24) is 4.31 Å². The van der Waals surface area contributed by atoms with Gasteiger partial charge in [0.05, 0.1) is 4.90 Å². The molecule has 6 nitrogen and oxygen atoms in total. The van der Waals surface area contributed by atoms with Crippen LogP contribution in [0.25, 0.3) is 0 Å². The minimum Gasteiger partial charge on any atom is -0.457 e. The van der Waals surface area contributed by atoms with Crippen LogP contribution < -0.4 is 10.1 Å². The first kappa shape index (κ1) is 20.1. The smallest absolute Gasteiger partial charge is 0.255 e. The summed E-state index contributed by atoms with van der Waals surface area (Å²) in [5, 5.41) is 2.79. The van der Waals surface area contributed by atoms with Crippen molar-refractivity contribution >= 4 is 21.6 Å². The molecule has 0 unspecified atom stereocenters. The molecule has 1 saturated heterocycles. The number of amides is 1. The fourth-order valence-electron chi connectivity index (χ4n) is 3.31. The topological polar surface area (TPSA) is 75.7 Å². The van der Waals surface area contributed by atoms with Crippen molar-refractivity contribution in [3.05, 3.63) is 84.4 Å². The van der Waals surface area contributed by atoms with Gasteiger partial charge in [-0.2, -0.15) is 4.31 Å². The van der Waals surface area contributed by atoms with Crippen LogP contribution in [0.5, 0.6) is 11.5 Å². The van der Waals surface area contributed by atoms with E-state index in [0.717, 1.165) is 18.6 Å². The summed E-state index contributed by atoms with van der Waals surface area (Å²) in [5.41, 5.74) is 0.882. The van der Waals surface area contributed by atoms with Gasteiger partial charge in [-0.1, -0.05) is 24.3 Å². The summed E-state index contributed by atoms with van der Waals surface area (Å²) >= 11 is 0. The molecule has 1 amide bonds. The van der Waals surface area contributed by atoms with Gasteiger partial charge in [-0.25, -0.2) is 8.42 Å². The lowest BCUT2D eigenvalue weighted by molar-refractivity contribution is 0.102. The summed E-state index contributed by atoms with van der Waals surface area (Å²) in [6, 6.07) is 22.6. The fourth-order valence-corrected chi connectivity index (χ4v) is 4.87. The van der Waals surface area contributed by atoms with Crippen molar-refractivity contribution in [3.8, 4) is 11.5 Å². The second-order valence-corrected chi connectivity index (χ2v) is 8.97. The molecule has 1 fully saturated rings. The molecule has 0 atom stereocenters. The minimum atomic E-state index is -3.57. The quantitative estimate of drug-likeness (QED) is 0.634. The zero-order valence-electron chi connectivity index (χ0n) is 16.3. The highest BCUT2D eigenvalue weighted by molar-refractivity contribution is 7.89. The Balaban J connectivity index is 1.45. The predicted octanol–water partition coefficient (Wildman–Crippen LogP) is 4.52. The molecule has 1 aliphatic heterocycles. The van der Waals surface area contributed by atoms with Gasteiger partial charge in [0.15, 0.2) is 0 Å².